The van der Waals surface area contributed by atoms with E-state index in [2.05, 4.69) is 10.00 Å². The van der Waals surface area contributed by atoms with Gasteiger partial charge in [0.2, 0.25) is 0 Å². The molecule has 1 aromatic heterocycles. The van der Waals surface area contributed by atoms with Crippen molar-refractivity contribution >= 4 is 17.6 Å². The molecule has 1 aromatic rings. The number of ether oxygens (including phenoxy) is 1. The lowest BCUT2D eigenvalue weighted by molar-refractivity contribution is -0.149. The molecule has 112 valence electrons. The fraction of sp³-hybridized carbons (Fsp3) is 0.714. The number of esters is 1. The van der Waals surface area contributed by atoms with Gasteiger partial charge in [0.25, 0.3) is 0 Å². The summed E-state index contributed by atoms with van der Waals surface area (Å²) in [6.45, 7) is 6.88. The molecular weight excluding hydrogens is 278 g/mol. The summed E-state index contributed by atoms with van der Waals surface area (Å²) in [6, 6.07) is 0. The Hall–Kier alpha value is -1.07. The summed E-state index contributed by atoms with van der Waals surface area (Å²) in [6.07, 6.45) is 1.71. The topological polar surface area (TPSA) is 47.4 Å². The zero-order valence-corrected chi connectivity index (χ0v) is 13.1. The molecule has 0 saturated carbocycles. The molecule has 0 spiro atoms. The highest BCUT2D eigenvalue weighted by Crippen LogP contribution is 2.24. The van der Waals surface area contributed by atoms with Gasteiger partial charge in [-0.05, 0) is 39.8 Å². The Morgan fingerprint density at radius 2 is 2.10 bits per heavy atom. The van der Waals surface area contributed by atoms with Crippen molar-refractivity contribution in [2.24, 2.45) is 13.0 Å². The van der Waals surface area contributed by atoms with Crippen LogP contribution in [0.15, 0.2) is 0 Å². The van der Waals surface area contributed by atoms with E-state index in [1.807, 2.05) is 20.9 Å². The lowest BCUT2D eigenvalue weighted by Gasteiger charge is -2.30. The highest BCUT2D eigenvalue weighted by atomic mass is 35.5. The Bertz CT molecular complexity index is 479. The standard InChI is InChI=1S/C14H22ClN3O2/c1-4-20-14(19)11-5-7-18(8-6-11)9-12-10(2)16-17(3)13(12)15/h11H,4-9H2,1-3H3. The maximum atomic E-state index is 11.7. The largest absolute Gasteiger partial charge is 0.466 e. The maximum Gasteiger partial charge on any atom is 0.309 e. The first kappa shape index (κ1) is 15.3. The van der Waals surface area contributed by atoms with Gasteiger partial charge in [-0.15, -0.1) is 0 Å². The van der Waals surface area contributed by atoms with E-state index in [1.165, 1.54) is 0 Å². The van der Waals surface area contributed by atoms with Crippen molar-refractivity contribution in [1.82, 2.24) is 14.7 Å². The molecule has 6 heteroatoms. The lowest BCUT2D eigenvalue weighted by atomic mass is 9.96. The third kappa shape index (κ3) is 3.33. The summed E-state index contributed by atoms with van der Waals surface area (Å²) < 4.78 is 6.79. The molecule has 1 fully saturated rings. The zero-order valence-electron chi connectivity index (χ0n) is 12.4. The summed E-state index contributed by atoms with van der Waals surface area (Å²) in [4.78, 5) is 14.0. The maximum absolute atomic E-state index is 11.7. The Labute approximate surface area is 124 Å². The van der Waals surface area contributed by atoms with Crippen LogP contribution in [0.1, 0.15) is 31.0 Å². The van der Waals surface area contributed by atoms with E-state index < -0.39 is 0 Å². The fourth-order valence-electron chi connectivity index (χ4n) is 2.66. The molecule has 1 aliphatic heterocycles. The van der Waals surface area contributed by atoms with Crippen LogP contribution in [0.25, 0.3) is 0 Å². The highest BCUT2D eigenvalue weighted by Gasteiger charge is 2.26. The predicted octanol–water partition coefficient (Wildman–Crippen LogP) is 2.16. The van der Waals surface area contributed by atoms with Crippen LogP contribution >= 0.6 is 11.6 Å². The Morgan fingerprint density at radius 3 is 2.60 bits per heavy atom. The minimum absolute atomic E-state index is 0.0525. The third-order valence-electron chi connectivity index (χ3n) is 3.86. The van der Waals surface area contributed by atoms with Gasteiger partial charge < -0.3 is 4.74 Å². The quantitative estimate of drug-likeness (QED) is 0.799. The number of hydrogen-bond acceptors (Lipinski definition) is 4. The average Bonchev–Trinajstić information content (AvgIpc) is 2.66. The van der Waals surface area contributed by atoms with Gasteiger partial charge in [-0.1, -0.05) is 11.6 Å². The summed E-state index contributed by atoms with van der Waals surface area (Å²) in [5.74, 6) is -0.000548. The van der Waals surface area contributed by atoms with Crippen LogP contribution in [-0.4, -0.2) is 40.3 Å². The van der Waals surface area contributed by atoms with Gasteiger partial charge >= 0.3 is 5.97 Å². The fourth-order valence-corrected chi connectivity index (χ4v) is 2.90. The van der Waals surface area contributed by atoms with Gasteiger partial charge in [0.1, 0.15) is 5.15 Å². The lowest BCUT2D eigenvalue weighted by Crippen LogP contribution is -2.36. The summed E-state index contributed by atoms with van der Waals surface area (Å²) in [7, 11) is 1.85. The number of piperidine rings is 1. The molecule has 20 heavy (non-hydrogen) atoms. The van der Waals surface area contributed by atoms with E-state index in [0.717, 1.165) is 43.7 Å². The smallest absolute Gasteiger partial charge is 0.309 e. The van der Waals surface area contributed by atoms with Crippen LogP contribution in [-0.2, 0) is 23.1 Å². The van der Waals surface area contributed by atoms with E-state index in [1.54, 1.807) is 4.68 Å². The van der Waals surface area contributed by atoms with Gasteiger partial charge in [-0.3, -0.25) is 14.4 Å². The van der Waals surface area contributed by atoms with Crippen LogP contribution in [0.2, 0.25) is 5.15 Å². The molecule has 0 N–H and O–H groups in total. The van der Waals surface area contributed by atoms with E-state index >= 15 is 0 Å². The summed E-state index contributed by atoms with van der Waals surface area (Å²) in [5.41, 5.74) is 2.06. The normalized spacial score (nSPS) is 17.4. The number of aryl methyl sites for hydroxylation is 2. The number of halogens is 1. The SMILES string of the molecule is CCOC(=O)C1CCN(Cc2c(C)nn(C)c2Cl)CC1. The molecule has 0 radical (unpaired) electrons. The molecule has 0 unspecified atom stereocenters. The second-order valence-electron chi connectivity index (χ2n) is 5.28. The van der Waals surface area contributed by atoms with Crippen molar-refractivity contribution in [2.75, 3.05) is 19.7 Å². The molecule has 0 bridgehead atoms. The minimum atomic E-state index is -0.0530. The van der Waals surface area contributed by atoms with Crippen LogP contribution in [0.3, 0.4) is 0 Å². The van der Waals surface area contributed by atoms with Gasteiger partial charge in [-0.25, -0.2) is 0 Å². The van der Waals surface area contributed by atoms with Crippen molar-refractivity contribution < 1.29 is 9.53 Å². The van der Waals surface area contributed by atoms with Crippen molar-refractivity contribution in [3.63, 3.8) is 0 Å². The highest BCUT2D eigenvalue weighted by molar-refractivity contribution is 6.30. The van der Waals surface area contributed by atoms with Crippen molar-refractivity contribution in [1.29, 1.82) is 0 Å². The van der Waals surface area contributed by atoms with Crippen molar-refractivity contribution in [2.45, 2.75) is 33.2 Å². The molecule has 0 aromatic carbocycles. The molecule has 0 atom stereocenters. The van der Waals surface area contributed by atoms with Crippen LogP contribution in [0.4, 0.5) is 0 Å². The molecular formula is C14H22ClN3O2. The zero-order chi connectivity index (χ0) is 14.7. The summed E-state index contributed by atoms with van der Waals surface area (Å²) in [5, 5.41) is 5.03. The second kappa shape index (κ2) is 6.59. The van der Waals surface area contributed by atoms with Crippen molar-refractivity contribution in [3.05, 3.63) is 16.4 Å². The Morgan fingerprint density at radius 1 is 1.45 bits per heavy atom. The first-order valence-corrected chi connectivity index (χ1v) is 7.47. The first-order valence-electron chi connectivity index (χ1n) is 7.09. The van der Waals surface area contributed by atoms with E-state index in [4.69, 9.17) is 16.3 Å². The molecule has 0 aliphatic carbocycles. The number of carbonyl (C=O) groups is 1. The Kier molecular flexibility index (Phi) is 5.05. The number of hydrogen-bond donors (Lipinski definition) is 0. The van der Waals surface area contributed by atoms with Crippen molar-refractivity contribution in [3.8, 4) is 0 Å². The van der Waals surface area contributed by atoms with Gasteiger partial charge in [0.05, 0.1) is 18.2 Å². The average molecular weight is 300 g/mol. The molecule has 1 aliphatic rings. The molecule has 0 amide bonds. The van der Waals surface area contributed by atoms with Crippen LogP contribution < -0.4 is 0 Å². The monoisotopic (exact) mass is 299 g/mol. The first-order chi connectivity index (χ1) is 9.52. The Balaban J connectivity index is 1.90. The third-order valence-corrected chi connectivity index (χ3v) is 4.33. The van der Waals surface area contributed by atoms with E-state index in [-0.39, 0.29) is 11.9 Å². The van der Waals surface area contributed by atoms with E-state index in [9.17, 15) is 4.79 Å². The predicted molar refractivity (Wildman–Crippen MR) is 77.6 cm³/mol. The summed E-state index contributed by atoms with van der Waals surface area (Å²) >= 11 is 6.25. The number of rotatable bonds is 4. The van der Waals surface area contributed by atoms with Crippen LogP contribution in [0.5, 0.6) is 0 Å². The minimum Gasteiger partial charge on any atom is -0.466 e. The number of likely N-dealkylation sites (tertiary alicyclic amines) is 1. The molecule has 1 saturated heterocycles. The van der Waals surface area contributed by atoms with Gasteiger partial charge in [0.15, 0.2) is 0 Å². The van der Waals surface area contributed by atoms with E-state index in [0.29, 0.717) is 11.8 Å². The molecule has 2 heterocycles. The second-order valence-corrected chi connectivity index (χ2v) is 5.64. The molecule has 5 nitrogen and oxygen atoms in total. The molecule has 2 rings (SSSR count). The van der Waals surface area contributed by atoms with Crippen LogP contribution in [0, 0.1) is 12.8 Å². The number of carbonyl (C=O) groups excluding carboxylic acids is 1. The number of nitrogens with zero attached hydrogens (tertiary/aromatic N) is 3. The van der Waals surface area contributed by atoms with Gasteiger partial charge in [-0.2, -0.15) is 5.10 Å². The number of aromatic nitrogens is 2. The van der Waals surface area contributed by atoms with Gasteiger partial charge in [0, 0.05) is 19.2 Å².